The predicted molar refractivity (Wildman–Crippen MR) is 103 cm³/mol. The number of allylic oxidation sites excluding steroid dienone is 2. The minimum absolute atomic E-state index is 0.254. The number of hydrogen-bond acceptors (Lipinski definition) is 3. The number of nitrogens with zero attached hydrogens (tertiary/aromatic N) is 1. The quantitative estimate of drug-likeness (QED) is 0.515. The second-order valence-electron chi connectivity index (χ2n) is 5.24. The van der Waals surface area contributed by atoms with E-state index < -0.39 is 0 Å². The molecule has 0 aromatic heterocycles. The van der Waals surface area contributed by atoms with Gasteiger partial charge in [-0.05, 0) is 55.7 Å². The zero-order valence-corrected chi connectivity index (χ0v) is 15.4. The van der Waals surface area contributed by atoms with E-state index in [0.29, 0.717) is 0 Å². The molecule has 1 aromatic carbocycles. The molecule has 112 valence electrons. The lowest BCUT2D eigenvalue weighted by molar-refractivity contribution is 0.407. The molecule has 1 unspecified atom stereocenters. The third-order valence-corrected chi connectivity index (χ3v) is 10.4. The van der Waals surface area contributed by atoms with Crippen LogP contribution in [0.4, 0.5) is 0 Å². The van der Waals surface area contributed by atoms with Gasteiger partial charge in [-0.25, -0.2) is 0 Å². The summed E-state index contributed by atoms with van der Waals surface area (Å²) in [5.41, 5.74) is 4.17. The Hall–Kier alpha value is -0.580. The van der Waals surface area contributed by atoms with Crippen molar-refractivity contribution < 1.29 is 0 Å². The van der Waals surface area contributed by atoms with E-state index in [0.717, 1.165) is 13.1 Å². The van der Waals surface area contributed by atoms with Gasteiger partial charge in [0, 0.05) is 22.9 Å². The van der Waals surface area contributed by atoms with E-state index in [1.807, 2.05) is 10.8 Å². The molecule has 2 aliphatic rings. The number of aryl methyl sites for hydroxylation is 1. The Labute approximate surface area is 137 Å². The first-order valence-electron chi connectivity index (χ1n) is 7.36. The largest absolute Gasteiger partial charge is 0.366 e. The monoisotopic (exact) mass is 335 g/mol. The van der Waals surface area contributed by atoms with Crippen LogP contribution in [0.3, 0.4) is 0 Å². The highest BCUT2D eigenvalue weighted by molar-refractivity contribution is 9.18. The van der Waals surface area contributed by atoms with Gasteiger partial charge in [-0.3, -0.25) is 0 Å². The molecule has 0 fully saturated rings. The molecule has 0 aliphatic carbocycles. The maximum absolute atomic E-state index is 2.48. The highest BCUT2D eigenvalue weighted by Gasteiger charge is 2.29. The van der Waals surface area contributed by atoms with Crippen LogP contribution in [0.2, 0.25) is 0 Å². The standard InChI is InChI=1S/C17H21NS3/c1-5-18(6-2)17-13(4)16-11-15(19-21(16)20-17)14-9-7-12(3)8-10-14/h7-11H,5-6H2,1-4H3. The number of rotatable bonds is 4. The van der Waals surface area contributed by atoms with Crippen LogP contribution in [0.1, 0.15) is 31.9 Å². The summed E-state index contributed by atoms with van der Waals surface area (Å²) in [4.78, 5) is 5.46. The predicted octanol–water partition coefficient (Wildman–Crippen LogP) is 5.67. The van der Waals surface area contributed by atoms with Gasteiger partial charge in [0.1, 0.15) is 0 Å². The van der Waals surface area contributed by atoms with Crippen LogP contribution in [-0.2, 0) is 0 Å². The van der Waals surface area contributed by atoms with Crippen LogP contribution in [0, 0.1) is 6.92 Å². The minimum Gasteiger partial charge on any atom is -0.366 e. The van der Waals surface area contributed by atoms with Crippen LogP contribution >= 0.6 is 30.1 Å². The van der Waals surface area contributed by atoms with Crippen LogP contribution < -0.4 is 0 Å². The third kappa shape index (κ3) is 2.86. The fourth-order valence-electron chi connectivity index (χ4n) is 2.50. The van der Waals surface area contributed by atoms with Crippen molar-refractivity contribution in [3.8, 4) is 0 Å². The molecule has 1 atom stereocenters. The molecule has 0 bridgehead atoms. The fraction of sp³-hybridized carbons (Fsp3) is 0.353. The summed E-state index contributed by atoms with van der Waals surface area (Å²) < 4.78 is 0. The molecule has 0 saturated heterocycles. The molecule has 0 N–H and O–H groups in total. The first-order valence-corrected chi connectivity index (χ1v) is 11.3. The van der Waals surface area contributed by atoms with Crippen molar-refractivity contribution in [3.05, 3.63) is 52.1 Å². The fourth-order valence-corrected chi connectivity index (χ4v) is 9.99. The zero-order valence-electron chi connectivity index (χ0n) is 13.0. The normalized spacial score (nSPS) is 20.9. The van der Waals surface area contributed by atoms with Gasteiger partial charge in [-0.1, -0.05) is 49.2 Å². The first-order chi connectivity index (χ1) is 10.1. The molecule has 1 nitrogen and oxygen atoms in total. The van der Waals surface area contributed by atoms with E-state index in [1.54, 1.807) is 4.86 Å². The molecule has 2 heterocycles. The Balaban J connectivity index is 1.86. The van der Waals surface area contributed by atoms with E-state index in [4.69, 9.17) is 0 Å². The van der Waals surface area contributed by atoms with E-state index in [9.17, 15) is 0 Å². The summed E-state index contributed by atoms with van der Waals surface area (Å²) in [6.07, 6.45) is 2.41. The van der Waals surface area contributed by atoms with Crippen molar-refractivity contribution in [2.75, 3.05) is 13.1 Å². The lowest BCUT2D eigenvalue weighted by atomic mass is 10.1. The minimum atomic E-state index is 0.254. The van der Waals surface area contributed by atoms with E-state index in [2.05, 4.69) is 73.7 Å². The number of benzene rings is 1. The Bertz CT molecular complexity index is 649. The molecule has 0 spiro atoms. The van der Waals surface area contributed by atoms with Crippen molar-refractivity contribution in [2.24, 2.45) is 0 Å². The van der Waals surface area contributed by atoms with E-state index in [1.165, 1.54) is 26.6 Å². The summed E-state index contributed by atoms with van der Waals surface area (Å²) in [7, 11) is 4.34. The SMILES string of the molecule is CCN(CC)C1=C(C)C2=S(SC(c3ccc(C)cc3)=C2)S1. The van der Waals surface area contributed by atoms with Crippen molar-refractivity contribution in [1.29, 1.82) is 0 Å². The Morgan fingerprint density at radius 2 is 1.67 bits per heavy atom. The van der Waals surface area contributed by atoms with Gasteiger partial charge < -0.3 is 4.90 Å². The van der Waals surface area contributed by atoms with Crippen molar-refractivity contribution >= 4 is 39.9 Å². The van der Waals surface area contributed by atoms with Crippen molar-refractivity contribution in [2.45, 2.75) is 27.7 Å². The molecular formula is C17H21NS3. The lowest BCUT2D eigenvalue weighted by Gasteiger charge is -2.23. The summed E-state index contributed by atoms with van der Waals surface area (Å²) in [6.45, 7) is 11.1. The zero-order chi connectivity index (χ0) is 15.0. The average Bonchev–Trinajstić information content (AvgIpc) is 3.02. The van der Waals surface area contributed by atoms with Gasteiger partial charge in [-0.2, -0.15) is 0 Å². The average molecular weight is 336 g/mol. The summed E-state index contributed by atoms with van der Waals surface area (Å²) in [6, 6.07) is 8.90. The lowest BCUT2D eigenvalue weighted by Crippen LogP contribution is -2.21. The highest BCUT2D eigenvalue weighted by Crippen LogP contribution is 2.63. The summed E-state index contributed by atoms with van der Waals surface area (Å²) >= 11 is 0. The Kier molecular flexibility index (Phi) is 4.57. The molecule has 2 aliphatic heterocycles. The summed E-state index contributed by atoms with van der Waals surface area (Å²) in [5.74, 6) is 0. The van der Waals surface area contributed by atoms with Gasteiger partial charge in [-0.15, -0.1) is 0 Å². The Morgan fingerprint density at radius 1 is 1.00 bits per heavy atom. The van der Waals surface area contributed by atoms with Crippen LogP contribution in [0.25, 0.3) is 4.91 Å². The maximum Gasteiger partial charge on any atom is 0.0859 e. The van der Waals surface area contributed by atoms with Crippen LogP contribution in [-0.4, -0.2) is 22.9 Å². The van der Waals surface area contributed by atoms with E-state index in [-0.39, 0.29) is 8.55 Å². The molecule has 3 rings (SSSR count). The summed E-state index contributed by atoms with van der Waals surface area (Å²) in [5, 5.41) is 1.49. The number of hydrogen-bond donors (Lipinski definition) is 0. The van der Waals surface area contributed by atoms with Crippen molar-refractivity contribution in [3.63, 3.8) is 0 Å². The molecule has 21 heavy (non-hydrogen) atoms. The second kappa shape index (κ2) is 6.27. The van der Waals surface area contributed by atoms with E-state index >= 15 is 0 Å². The van der Waals surface area contributed by atoms with Crippen LogP contribution in [0.15, 0.2) is 40.9 Å². The first kappa shape index (κ1) is 15.3. The molecule has 4 heteroatoms. The molecule has 0 saturated carbocycles. The second-order valence-corrected chi connectivity index (χ2v) is 10.9. The molecule has 0 radical (unpaired) electrons. The van der Waals surface area contributed by atoms with Gasteiger partial charge >= 0.3 is 0 Å². The molecule has 0 amide bonds. The molecular weight excluding hydrogens is 314 g/mol. The van der Waals surface area contributed by atoms with Crippen LogP contribution in [0.5, 0.6) is 0 Å². The van der Waals surface area contributed by atoms with Gasteiger partial charge in [0.2, 0.25) is 0 Å². The Morgan fingerprint density at radius 3 is 2.24 bits per heavy atom. The highest BCUT2D eigenvalue weighted by atomic mass is 33.5. The van der Waals surface area contributed by atoms with Crippen molar-refractivity contribution in [1.82, 2.24) is 4.90 Å². The topological polar surface area (TPSA) is 3.24 Å². The van der Waals surface area contributed by atoms with Gasteiger partial charge in [0.05, 0.1) is 5.03 Å². The smallest absolute Gasteiger partial charge is 0.0859 e. The van der Waals surface area contributed by atoms with Gasteiger partial charge in [0.15, 0.2) is 0 Å². The molecule has 1 aromatic rings. The van der Waals surface area contributed by atoms with Gasteiger partial charge in [0.25, 0.3) is 0 Å². The maximum atomic E-state index is 2.48. The third-order valence-electron chi connectivity index (χ3n) is 3.84.